The topological polar surface area (TPSA) is 20.2 Å². The second kappa shape index (κ2) is 3.51. The van der Waals surface area contributed by atoms with E-state index in [2.05, 4.69) is 0 Å². The van der Waals surface area contributed by atoms with Gasteiger partial charge in [0.05, 0.1) is 5.02 Å². The molecule has 0 radical (unpaired) electrons. The largest absolute Gasteiger partial charge is 0.506 e. The van der Waals surface area contributed by atoms with Crippen LogP contribution >= 0.6 is 46.4 Å². The van der Waals surface area contributed by atoms with Gasteiger partial charge in [-0.15, -0.1) is 0 Å². The van der Waals surface area contributed by atoms with Crippen molar-refractivity contribution in [3.8, 4) is 5.75 Å². The molecule has 0 unspecified atom stereocenters. The number of aromatic hydroxyl groups is 1. The lowest BCUT2D eigenvalue weighted by molar-refractivity contribution is 0.475. The summed E-state index contributed by atoms with van der Waals surface area (Å²) in [5, 5.41) is 9.21. The summed E-state index contributed by atoms with van der Waals surface area (Å²) in [5.74, 6) is -0.0327. The minimum atomic E-state index is -1.50. The number of phenols is 1. The zero-order chi connectivity index (χ0) is 9.35. The van der Waals surface area contributed by atoms with Crippen molar-refractivity contribution in [1.82, 2.24) is 0 Å². The maximum absolute atomic E-state index is 9.05. The Bertz CT molecular complexity index is 292. The van der Waals surface area contributed by atoms with E-state index >= 15 is 0 Å². The minimum absolute atomic E-state index is 0.0327. The van der Waals surface area contributed by atoms with Crippen molar-refractivity contribution >= 4 is 46.4 Å². The lowest BCUT2D eigenvalue weighted by Crippen LogP contribution is -1.98. The Hall–Kier alpha value is 0.180. The molecule has 1 aromatic carbocycles. The quantitative estimate of drug-likeness (QED) is 0.688. The standard InChI is InChI=1S/C7H4Cl4O/c8-5-3-4(7(9,10)11)1-2-6(5)12/h1-3,12H. The molecule has 0 saturated carbocycles. The summed E-state index contributed by atoms with van der Waals surface area (Å²) in [7, 11) is 0. The first kappa shape index (κ1) is 10.3. The highest BCUT2D eigenvalue weighted by Crippen LogP contribution is 2.40. The molecule has 0 heterocycles. The maximum Gasteiger partial charge on any atom is 0.216 e. The zero-order valence-corrected chi connectivity index (χ0v) is 8.71. The van der Waals surface area contributed by atoms with E-state index < -0.39 is 3.79 Å². The van der Waals surface area contributed by atoms with E-state index in [1.807, 2.05) is 0 Å². The molecule has 0 aliphatic heterocycles. The van der Waals surface area contributed by atoms with Crippen LogP contribution in [0, 0.1) is 0 Å². The van der Waals surface area contributed by atoms with E-state index in [-0.39, 0.29) is 10.8 Å². The van der Waals surface area contributed by atoms with Crippen molar-refractivity contribution in [2.24, 2.45) is 0 Å². The average Bonchev–Trinajstić information content (AvgIpc) is 1.92. The Morgan fingerprint density at radius 3 is 2.17 bits per heavy atom. The predicted molar refractivity (Wildman–Crippen MR) is 52.4 cm³/mol. The Morgan fingerprint density at radius 2 is 1.75 bits per heavy atom. The van der Waals surface area contributed by atoms with Crippen LogP contribution in [-0.4, -0.2) is 5.11 Å². The van der Waals surface area contributed by atoms with Gasteiger partial charge in [-0.1, -0.05) is 52.5 Å². The number of halogens is 4. The smallest absolute Gasteiger partial charge is 0.216 e. The molecule has 0 aliphatic carbocycles. The molecule has 1 N–H and O–H groups in total. The number of alkyl halides is 3. The first-order valence-electron chi connectivity index (χ1n) is 2.97. The van der Waals surface area contributed by atoms with Crippen molar-refractivity contribution in [2.75, 3.05) is 0 Å². The van der Waals surface area contributed by atoms with E-state index in [1.165, 1.54) is 18.2 Å². The van der Waals surface area contributed by atoms with Gasteiger partial charge >= 0.3 is 0 Å². The van der Waals surface area contributed by atoms with E-state index in [4.69, 9.17) is 51.5 Å². The first-order chi connectivity index (χ1) is 5.41. The van der Waals surface area contributed by atoms with Crippen LogP contribution in [0.4, 0.5) is 0 Å². The summed E-state index contributed by atoms with van der Waals surface area (Å²) in [5.41, 5.74) is 0.426. The van der Waals surface area contributed by atoms with Gasteiger partial charge < -0.3 is 5.11 Å². The van der Waals surface area contributed by atoms with Crippen molar-refractivity contribution in [1.29, 1.82) is 0 Å². The summed E-state index contributed by atoms with van der Waals surface area (Å²) in [6, 6.07) is 4.28. The number of hydrogen-bond donors (Lipinski definition) is 1. The Morgan fingerprint density at radius 1 is 1.17 bits per heavy atom. The monoisotopic (exact) mass is 244 g/mol. The fourth-order valence-electron chi connectivity index (χ4n) is 0.683. The maximum atomic E-state index is 9.05. The van der Waals surface area contributed by atoms with Gasteiger partial charge in [0.2, 0.25) is 3.79 Å². The molecule has 0 spiro atoms. The van der Waals surface area contributed by atoms with Gasteiger partial charge in [0.15, 0.2) is 0 Å². The molecule has 0 bridgehead atoms. The predicted octanol–water partition coefficient (Wildman–Crippen LogP) is 3.87. The van der Waals surface area contributed by atoms with Crippen LogP contribution in [0.3, 0.4) is 0 Å². The van der Waals surface area contributed by atoms with Crippen molar-refractivity contribution in [3.63, 3.8) is 0 Å². The lowest BCUT2D eigenvalue weighted by Gasteiger charge is -2.11. The molecule has 1 rings (SSSR count). The molecular weight excluding hydrogens is 242 g/mol. The number of benzene rings is 1. The van der Waals surface area contributed by atoms with Crippen LogP contribution < -0.4 is 0 Å². The highest BCUT2D eigenvalue weighted by atomic mass is 35.6. The molecule has 0 aromatic heterocycles. The number of hydrogen-bond acceptors (Lipinski definition) is 1. The van der Waals surface area contributed by atoms with E-state index in [0.29, 0.717) is 5.56 Å². The van der Waals surface area contributed by atoms with Gasteiger partial charge in [0.1, 0.15) is 5.75 Å². The fourth-order valence-corrected chi connectivity index (χ4v) is 1.22. The highest BCUT2D eigenvalue weighted by molar-refractivity contribution is 6.66. The summed E-state index contributed by atoms with van der Waals surface area (Å²) in [6.07, 6.45) is 0. The zero-order valence-electron chi connectivity index (χ0n) is 5.69. The third-order valence-electron chi connectivity index (χ3n) is 1.28. The molecule has 12 heavy (non-hydrogen) atoms. The fraction of sp³-hybridized carbons (Fsp3) is 0.143. The normalized spacial score (nSPS) is 11.7. The Kier molecular flexibility index (Phi) is 3.00. The summed E-state index contributed by atoms with van der Waals surface area (Å²) >= 11 is 22.3. The molecule has 5 heteroatoms. The summed E-state index contributed by atoms with van der Waals surface area (Å²) in [4.78, 5) is 0. The Labute approximate surface area is 89.8 Å². The first-order valence-corrected chi connectivity index (χ1v) is 4.48. The molecule has 0 fully saturated rings. The van der Waals surface area contributed by atoms with E-state index in [0.717, 1.165) is 0 Å². The van der Waals surface area contributed by atoms with Crippen molar-refractivity contribution in [2.45, 2.75) is 3.79 Å². The summed E-state index contributed by atoms with van der Waals surface area (Å²) in [6.45, 7) is 0. The van der Waals surface area contributed by atoms with E-state index in [9.17, 15) is 0 Å². The van der Waals surface area contributed by atoms with Crippen LogP contribution in [0.15, 0.2) is 18.2 Å². The van der Waals surface area contributed by atoms with Gasteiger partial charge in [-0.05, 0) is 12.1 Å². The molecule has 66 valence electrons. The van der Waals surface area contributed by atoms with Crippen molar-refractivity contribution < 1.29 is 5.11 Å². The van der Waals surface area contributed by atoms with Crippen molar-refractivity contribution in [3.05, 3.63) is 28.8 Å². The molecular formula is C7H4Cl4O. The van der Waals surface area contributed by atoms with Gasteiger partial charge in [-0.25, -0.2) is 0 Å². The highest BCUT2D eigenvalue weighted by Gasteiger charge is 2.23. The van der Waals surface area contributed by atoms with Crippen LogP contribution in [0.2, 0.25) is 5.02 Å². The molecule has 1 nitrogen and oxygen atoms in total. The average molecular weight is 246 g/mol. The van der Waals surface area contributed by atoms with Crippen LogP contribution in [0.25, 0.3) is 0 Å². The Balaban J connectivity index is 3.14. The third-order valence-corrected chi connectivity index (χ3v) is 2.23. The molecule has 1 aromatic rings. The van der Waals surface area contributed by atoms with Crippen LogP contribution in [0.1, 0.15) is 5.56 Å². The van der Waals surface area contributed by atoms with Gasteiger partial charge in [-0.2, -0.15) is 0 Å². The minimum Gasteiger partial charge on any atom is -0.506 e. The molecule has 0 saturated heterocycles. The number of phenolic OH excluding ortho intramolecular Hbond substituents is 1. The summed E-state index contributed by atoms with van der Waals surface area (Å²) < 4.78 is -1.50. The second-order valence-corrected chi connectivity index (χ2v) is 4.85. The van der Waals surface area contributed by atoms with Gasteiger partial charge in [0, 0.05) is 5.56 Å². The van der Waals surface area contributed by atoms with Crippen LogP contribution in [0.5, 0.6) is 5.75 Å². The second-order valence-electron chi connectivity index (χ2n) is 2.16. The van der Waals surface area contributed by atoms with Crippen LogP contribution in [-0.2, 0) is 3.79 Å². The SMILES string of the molecule is Oc1ccc(C(Cl)(Cl)Cl)cc1Cl. The number of rotatable bonds is 0. The van der Waals surface area contributed by atoms with E-state index in [1.54, 1.807) is 0 Å². The van der Waals surface area contributed by atoms with Gasteiger partial charge in [0.25, 0.3) is 0 Å². The van der Waals surface area contributed by atoms with Gasteiger partial charge in [-0.3, -0.25) is 0 Å². The molecule has 0 amide bonds. The lowest BCUT2D eigenvalue weighted by atomic mass is 10.2. The third kappa shape index (κ3) is 2.33. The molecule has 0 aliphatic rings. The molecule has 0 atom stereocenters.